The highest BCUT2D eigenvalue weighted by Crippen LogP contribution is 2.63. The van der Waals surface area contributed by atoms with E-state index in [0.29, 0.717) is 0 Å². The van der Waals surface area contributed by atoms with Crippen LogP contribution in [0.5, 0.6) is 0 Å². The number of aromatic nitrogens is 1. The van der Waals surface area contributed by atoms with Crippen molar-refractivity contribution in [2.24, 2.45) is 0 Å². The third kappa shape index (κ3) is 4.79. The highest BCUT2D eigenvalue weighted by Gasteiger charge is 2.51. The molecule has 284 valence electrons. The lowest BCUT2D eigenvalue weighted by molar-refractivity contribution is 0.793. The van der Waals surface area contributed by atoms with Crippen LogP contribution in [-0.2, 0) is 5.41 Å². The summed E-state index contributed by atoms with van der Waals surface area (Å²) in [5, 5.41) is 5.06. The van der Waals surface area contributed by atoms with Gasteiger partial charge in [-0.25, -0.2) is 0 Å². The van der Waals surface area contributed by atoms with Crippen LogP contribution >= 0.6 is 0 Å². The summed E-state index contributed by atoms with van der Waals surface area (Å²) in [4.78, 5) is 2.41. The Bertz CT molecular complexity index is 3460. The zero-order valence-electron chi connectivity index (χ0n) is 33.3. The number of rotatable bonds is 5. The Balaban J connectivity index is 0.918. The molecule has 0 saturated heterocycles. The van der Waals surface area contributed by atoms with Crippen molar-refractivity contribution in [3.63, 3.8) is 0 Å². The monoisotopic (exact) mass is 774 g/mol. The first kappa shape index (κ1) is 34.0. The number of fused-ring (bicyclic) bond motifs is 15. The van der Waals surface area contributed by atoms with E-state index in [-0.39, 0.29) is 0 Å². The van der Waals surface area contributed by atoms with Crippen LogP contribution in [0.2, 0.25) is 0 Å². The summed E-state index contributed by atoms with van der Waals surface area (Å²) < 4.78 is 2.43. The van der Waals surface area contributed by atoms with E-state index in [9.17, 15) is 0 Å². The molecule has 10 aromatic carbocycles. The molecule has 1 heterocycles. The van der Waals surface area contributed by atoms with Crippen molar-refractivity contribution >= 4 is 49.6 Å². The van der Waals surface area contributed by atoms with Crippen molar-refractivity contribution in [2.75, 3.05) is 4.90 Å². The van der Waals surface area contributed by atoms with Gasteiger partial charge in [0.25, 0.3) is 0 Å². The Morgan fingerprint density at radius 2 is 0.836 bits per heavy atom. The molecule has 1 spiro atoms. The fraction of sp³-hybridized carbons (Fsp3) is 0.0169. The lowest BCUT2D eigenvalue weighted by Crippen LogP contribution is -2.26. The number of nitrogens with zero attached hydrogens (tertiary/aromatic N) is 2. The zero-order valence-corrected chi connectivity index (χ0v) is 33.3. The number of para-hydroxylation sites is 2. The molecular formula is C59H38N2. The Hall–Kier alpha value is -7.94. The van der Waals surface area contributed by atoms with Crippen LogP contribution in [-0.4, -0.2) is 4.57 Å². The molecule has 0 bridgehead atoms. The molecule has 0 aliphatic heterocycles. The van der Waals surface area contributed by atoms with Crippen molar-refractivity contribution in [1.29, 1.82) is 0 Å². The predicted molar refractivity (Wildman–Crippen MR) is 255 cm³/mol. The van der Waals surface area contributed by atoms with Crippen molar-refractivity contribution < 1.29 is 0 Å². The molecule has 2 aliphatic carbocycles. The maximum absolute atomic E-state index is 2.46. The van der Waals surface area contributed by atoms with E-state index in [0.717, 1.165) is 22.7 Å². The van der Waals surface area contributed by atoms with Crippen molar-refractivity contribution in [1.82, 2.24) is 4.57 Å². The van der Waals surface area contributed by atoms with Crippen molar-refractivity contribution in [3.05, 3.63) is 253 Å². The van der Waals surface area contributed by atoms with Gasteiger partial charge >= 0.3 is 0 Å². The molecule has 0 radical (unpaired) electrons. The van der Waals surface area contributed by atoms with Gasteiger partial charge in [-0.05, 0) is 116 Å². The average Bonchev–Trinajstić information content (AvgIpc) is 3.94. The molecule has 61 heavy (non-hydrogen) atoms. The summed E-state index contributed by atoms with van der Waals surface area (Å²) in [5.41, 5.74) is 19.6. The summed E-state index contributed by atoms with van der Waals surface area (Å²) >= 11 is 0. The third-order valence-electron chi connectivity index (χ3n) is 13.4. The van der Waals surface area contributed by atoms with Crippen LogP contribution in [0.1, 0.15) is 22.3 Å². The van der Waals surface area contributed by atoms with E-state index in [2.05, 4.69) is 240 Å². The summed E-state index contributed by atoms with van der Waals surface area (Å²) in [7, 11) is 0. The van der Waals surface area contributed by atoms with Crippen LogP contribution in [0, 0.1) is 0 Å². The highest BCUT2D eigenvalue weighted by atomic mass is 15.1. The lowest BCUT2D eigenvalue weighted by Gasteiger charge is -2.32. The molecule has 0 unspecified atom stereocenters. The second kappa shape index (κ2) is 13.0. The molecule has 0 saturated carbocycles. The van der Waals surface area contributed by atoms with Gasteiger partial charge < -0.3 is 9.47 Å². The van der Waals surface area contributed by atoms with Crippen molar-refractivity contribution in [3.8, 4) is 39.1 Å². The SMILES string of the molecule is c1ccc(N(c2ccc(-c3ccc(-n4c5ccccc5c5ccc6ccccc6c54)cc3)cc2)c2ccc3c(c2)C2(c4ccccc4-c4ccccc42)c2ccccc2-3)cc1. The summed E-state index contributed by atoms with van der Waals surface area (Å²) in [6, 6.07) is 85.1. The molecule has 13 rings (SSSR count). The Labute approximate surface area is 354 Å². The van der Waals surface area contributed by atoms with E-state index in [1.807, 2.05) is 0 Å². The van der Waals surface area contributed by atoms with E-state index in [1.54, 1.807) is 0 Å². The molecule has 1 aromatic heterocycles. The summed E-state index contributed by atoms with van der Waals surface area (Å²) in [6.07, 6.45) is 0. The second-order valence-corrected chi connectivity index (χ2v) is 16.4. The maximum Gasteiger partial charge on any atom is 0.0726 e. The molecule has 0 fully saturated rings. The smallest absolute Gasteiger partial charge is 0.0726 e. The van der Waals surface area contributed by atoms with E-state index in [4.69, 9.17) is 0 Å². The number of hydrogen-bond donors (Lipinski definition) is 0. The van der Waals surface area contributed by atoms with Gasteiger partial charge in [-0.3, -0.25) is 0 Å². The second-order valence-electron chi connectivity index (χ2n) is 16.4. The fourth-order valence-electron chi connectivity index (χ4n) is 10.9. The first-order chi connectivity index (χ1) is 30.3. The first-order valence-corrected chi connectivity index (χ1v) is 21.2. The van der Waals surface area contributed by atoms with Gasteiger partial charge in [0.1, 0.15) is 0 Å². The van der Waals surface area contributed by atoms with Crippen LogP contribution < -0.4 is 4.90 Å². The van der Waals surface area contributed by atoms with Crippen LogP contribution in [0.3, 0.4) is 0 Å². The van der Waals surface area contributed by atoms with E-state index in [1.165, 1.54) is 88.2 Å². The fourth-order valence-corrected chi connectivity index (χ4v) is 10.9. The van der Waals surface area contributed by atoms with Gasteiger partial charge in [0, 0.05) is 38.9 Å². The van der Waals surface area contributed by atoms with E-state index >= 15 is 0 Å². The molecule has 0 amide bonds. The minimum atomic E-state index is -0.403. The molecule has 2 heteroatoms. The molecule has 0 N–H and O–H groups in total. The Morgan fingerprint density at radius 3 is 1.51 bits per heavy atom. The van der Waals surface area contributed by atoms with Gasteiger partial charge in [-0.2, -0.15) is 0 Å². The quantitative estimate of drug-likeness (QED) is 0.169. The van der Waals surface area contributed by atoms with Crippen molar-refractivity contribution in [2.45, 2.75) is 5.41 Å². The summed E-state index contributed by atoms with van der Waals surface area (Å²) in [6.45, 7) is 0. The number of hydrogen-bond acceptors (Lipinski definition) is 1. The van der Waals surface area contributed by atoms with Gasteiger partial charge in [0.15, 0.2) is 0 Å². The topological polar surface area (TPSA) is 8.17 Å². The number of benzene rings is 10. The normalized spacial score (nSPS) is 13.0. The molecule has 2 aliphatic rings. The zero-order chi connectivity index (χ0) is 40.1. The standard InChI is InChI=1S/C59H38N2/c1-2-15-42(16-3-1)60(45-35-37-50-49-20-8-12-24-55(49)59(56(50)38-45)53-22-10-6-18-47(53)48-19-7-11-23-54(48)59)43-31-26-39(27-32-43)40-28-33-44(34-29-40)61-57-25-13-9-21-51(57)52-36-30-41-14-4-5-17-46(41)58(52)61/h1-38H. The number of anilines is 3. The van der Waals surface area contributed by atoms with Gasteiger partial charge in [-0.15, -0.1) is 0 Å². The first-order valence-electron chi connectivity index (χ1n) is 21.2. The van der Waals surface area contributed by atoms with Gasteiger partial charge in [0.2, 0.25) is 0 Å². The minimum Gasteiger partial charge on any atom is -0.310 e. The average molecular weight is 775 g/mol. The van der Waals surface area contributed by atoms with Crippen LogP contribution in [0.25, 0.3) is 71.6 Å². The van der Waals surface area contributed by atoms with E-state index < -0.39 is 5.41 Å². The van der Waals surface area contributed by atoms with Gasteiger partial charge in [-0.1, -0.05) is 176 Å². The Kier molecular flexibility index (Phi) is 7.26. The third-order valence-corrected chi connectivity index (χ3v) is 13.4. The van der Waals surface area contributed by atoms with Crippen LogP contribution in [0.15, 0.2) is 231 Å². The lowest BCUT2D eigenvalue weighted by atomic mass is 9.70. The molecule has 11 aromatic rings. The maximum atomic E-state index is 2.46. The molecule has 0 atom stereocenters. The molecular weight excluding hydrogens is 737 g/mol. The van der Waals surface area contributed by atoms with Crippen LogP contribution in [0.4, 0.5) is 17.1 Å². The molecule has 2 nitrogen and oxygen atoms in total. The van der Waals surface area contributed by atoms with Gasteiger partial charge in [0.05, 0.1) is 16.4 Å². The highest BCUT2D eigenvalue weighted by molar-refractivity contribution is 6.18. The largest absolute Gasteiger partial charge is 0.310 e. The Morgan fingerprint density at radius 1 is 0.328 bits per heavy atom. The summed E-state index contributed by atoms with van der Waals surface area (Å²) in [5.74, 6) is 0. The predicted octanol–water partition coefficient (Wildman–Crippen LogP) is 15.4. The minimum absolute atomic E-state index is 0.403.